The molecule has 1 amide bonds. The molecule has 2 saturated heterocycles. The molecule has 7 nitrogen and oxygen atoms in total. The number of aromatic nitrogens is 2. The zero-order valence-corrected chi connectivity index (χ0v) is 22.6. The molecule has 2 aromatic rings. The molecule has 188 valence electrons. The minimum absolute atomic E-state index is 0.00999. The summed E-state index contributed by atoms with van der Waals surface area (Å²) in [7, 11) is 0. The summed E-state index contributed by atoms with van der Waals surface area (Å²) in [4.78, 5) is 36.1. The number of anilines is 1. The van der Waals surface area contributed by atoms with Crippen LogP contribution >= 0.6 is 24.0 Å². The standard InChI is InChI=1S/C26H34N4O3S2/c1-5-6-7-8-9-12-29-25(32)21(35-26(29)34)13-20-23(28-15-18(3)33-19(4)16-28)27-22-11-10-17(2)14-30(22)24(20)31/h10-11,13-14,18-19H,5-9,12,15-16H2,1-4H3. The van der Waals surface area contributed by atoms with Gasteiger partial charge in [0, 0.05) is 25.8 Å². The monoisotopic (exact) mass is 514 g/mol. The van der Waals surface area contributed by atoms with E-state index in [1.165, 1.54) is 31.0 Å². The minimum Gasteiger partial charge on any atom is -0.372 e. The first-order valence-corrected chi connectivity index (χ1v) is 13.7. The number of pyridine rings is 1. The fourth-order valence-corrected chi connectivity index (χ4v) is 5.95. The molecule has 0 radical (unpaired) electrons. The fraction of sp³-hybridized carbons (Fsp3) is 0.538. The van der Waals surface area contributed by atoms with Crippen LogP contribution in [0.15, 0.2) is 28.0 Å². The van der Waals surface area contributed by atoms with E-state index in [4.69, 9.17) is 21.9 Å². The third-order valence-corrected chi connectivity index (χ3v) is 7.72. The number of hydrogen-bond acceptors (Lipinski definition) is 7. The summed E-state index contributed by atoms with van der Waals surface area (Å²) in [6.45, 7) is 10.0. The van der Waals surface area contributed by atoms with Gasteiger partial charge in [0.25, 0.3) is 11.5 Å². The zero-order chi connectivity index (χ0) is 25.1. The van der Waals surface area contributed by atoms with Crippen molar-refractivity contribution >= 4 is 51.7 Å². The lowest BCUT2D eigenvalue weighted by Crippen LogP contribution is -2.46. The second kappa shape index (κ2) is 11.2. The van der Waals surface area contributed by atoms with Crippen molar-refractivity contribution in [2.75, 3.05) is 24.5 Å². The van der Waals surface area contributed by atoms with E-state index < -0.39 is 0 Å². The van der Waals surface area contributed by atoms with Gasteiger partial charge in [0.15, 0.2) is 0 Å². The molecule has 35 heavy (non-hydrogen) atoms. The molecule has 0 spiro atoms. The van der Waals surface area contributed by atoms with E-state index in [9.17, 15) is 9.59 Å². The van der Waals surface area contributed by atoms with E-state index in [0.29, 0.717) is 45.9 Å². The topological polar surface area (TPSA) is 67.2 Å². The Morgan fingerprint density at radius 2 is 1.86 bits per heavy atom. The highest BCUT2D eigenvalue weighted by molar-refractivity contribution is 8.26. The van der Waals surface area contributed by atoms with Crippen molar-refractivity contribution in [3.8, 4) is 0 Å². The van der Waals surface area contributed by atoms with E-state index in [2.05, 4.69) is 11.8 Å². The number of hydrogen-bond donors (Lipinski definition) is 0. The molecule has 2 aliphatic heterocycles. The van der Waals surface area contributed by atoms with Crippen molar-refractivity contribution in [3.63, 3.8) is 0 Å². The Hall–Kier alpha value is -2.23. The number of amides is 1. The average molecular weight is 515 g/mol. The number of carbonyl (C=O) groups is 1. The molecule has 0 saturated carbocycles. The highest BCUT2D eigenvalue weighted by Gasteiger charge is 2.33. The summed E-state index contributed by atoms with van der Waals surface area (Å²) < 4.78 is 8.02. The first-order chi connectivity index (χ1) is 16.8. The molecule has 2 aromatic heterocycles. The zero-order valence-electron chi connectivity index (χ0n) is 21.0. The van der Waals surface area contributed by atoms with Gasteiger partial charge < -0.3 is 9.64 Å². The molecule has 0 aliphatic carbocycles. The summed E-state index contributed by atoms with van der Waals surface area (Å²) in [6, 6.07) is 3.80. The lowest BCUT2D eigenvalue weighted by atomic mass is 10.1. The van der Waals surface area contributed by atoms with Gasteiger partial charge in [-0.1, -0.05) is 62.7 Å². The van der Waals surface area contributed by atoms with Crippen LogP contribution in [-0.2, 0) is 9.53 Å². The quantitative estimate of drug-likeness (QED) is 0.285. The maximum absolute atomic E-state index is 13.7. The molecule has 0 N–H and O–H groups in total. The van der Waals surface area contributed by atoms with Crippen LogP contribution < -0.4 is 10.5 Å². The molecular weight excluding hydrogens is 480 g/mol. The van der Waals surface area contributed by atoms with Gasteiger partial charge >= 0.3 is 0 Å². The molecule has 2 unspecified atom stereocenters. The molecule has 2 aliphatic rings. The van der Waals surface area contributed by atoms with Crippen LogP contribution in [-0.4, -0.2) is 56.4 Å². The van der Waals surface area contributed by atoms with Crippen LogP contribution in [0.25, 0.3) is 11.7 Å². The lowest BCUT2D eigenvalue weighted by Gasteiger charge is -2.36. The van der Waals surface area contributed by atoms with Crippen molar-refractivity contribution in [3.05, 3.63) is 44.7 Å². The van der Waals surface area contributed by atoms with Crippen LogP contribution in [0.5, 0.6) is 0 Å². The number of rotatable bonds is 8. The maximum atomic E-state index is 13.7. The Kier molecular flexibility index (Phi) is 8.29. The second-order valence-corrected chi connectivity index (χ2v) is 11.2. The van der Waals surface area contributed by atoms with E-state index >= 15 is 0 Å². The Morgan fingerprint density at radius 3 is 2.57 bits per heavy atom. The normalized spacial score (nSPS) is 22.1. The van der Waals surface area contributed by atoms with Crippen LogP contribution in [0.4, 0.5) is 5.82 Å². The largest absolute Gasteiger partial charge is 0.372 e. The molecule has 9 heteroatoms. The predicted octanol–water partition coefficient (Wildman–Crippen LogP) is 4.79. The summed E-state index contributed by atoms with van der Waals surface area (Å²) >= 11 is 6.80. The summed E-state index contributed by atoms with van der Waals surface area (Å²) in [5.41, 5.74) is 1.77. The van der Waals surface area contributed by atoms with Crippen molar-refractivity contribution in [2.24, 2.45) is 0 Å². The van der Waals surface area contributed by atoms with Crippen molar-refractivity contribution in [2.45, 2.75) is 72.0 Å². The number of unbranched alkanes of at least 4 members (excludes halogenated alkanes) is 4. The Labute approximate surface area is 216 Å². The third kappa shape index (κ3) is 5.78. The number of nitrogens with zero attached hydrogens (tertiary/aromatic N) is 4. The molecule has 4 heterocycles. The van der Waals surface area contributed by atoms with E-state index in [0.717, 1.165) is 18.4 Å². The number of fused-ring (bicyclic) bond motifs is 1. The average Bonchev–Trinajstić information content (AvgIpc) is 3.07. The summed E-state index contributed by atoms with van der Waals surface area (Å²) in [5.74, 6) is 0.463. The van der Waals surface area contributed by atoms with Crippen LogP contribution in [0.3, 0.4) is 0 Å². The van der Waals surface area contributed by atoms with Gasteiger partial charge in [0.2, 0.25) is 0 Å². The second-order valence-electron chi connectivity index (χ2n) is 9.50. The fourth-order valence-electron chi connectivity index (χ4n) is 4.66. The Morgan fingerprint density at radius 1 is 1.14 bits per heavy atom. The number of carbonyl (C=O) groups excluding carboxylic acids is 1. The van der Waals surface area contributed by atoms with E-state index in [-0.39, 0.29) is 23.7 Å². The van der Waals surface area contributed by atoms with Crippen LogP contribution in [0.1, 0.15) is 64.0 Å². The van der Waals surface area contributed by atoms with Gasteiger partial charge in [-0.3, -0.25) is 18.9 Å². The van der Waals surface area contributed by atoms with E-state index in [1.54, 1.807) is 21.6 Å². The summed E-state index contributed by atoms with van der Waals surface area (Å²) in [6.07, 6.45) is 9.06. The van der Waals surface area contributed by atoms with Gasteiger partial charge in [-0.25, -0.2) is 4.98 Å². The van der Waals surface area contributed by atoms with Gasteiger partial charge in [-0.05, 0) is 44.9 Å². The minimum atomic E-state index is -0.190. The summed E-state index contributed by atoms with van der Waals surface area (Å²) in [5, 5.41) is 0. The Bertz CT molecular complexity index is 1200. The van der Waals surface area contributed by atoms with Crippen molar-refractivity contribution in [1.29, 1.82) is 0 Å². The first-order valence-electron chi connectivity index (χ1n) is 12.5. The van der Waals surface area contributed by atoms with Crippen LogP contribution in [0, 0.1) is 6.92 Å². The number of ether oxygens (including phenoxy) is 1. The SMILES string of the molecule is CCCCCCCN1C(=O)C(=Cc2c(N3CC(C)OC(C)C3)nc3ccc(C)cn3c2=O)SC1=S. The maximum Gasteiger partial charge on any atom is 0.267 e. The van der Waals surface area contributed by atoms with Gasteiger partial charge in [0.1, 0.15) is 15.8 Å². The predicted molar refractivity (Wildman–Crippen MR) is 147 cm³/mol. The highest BCUT2D eigenvalue weighted by Crippen LogP contribution is 2.34. The smallest absolute Gasteiger partial charge is 0.267 e. The Balaban J connectivity index is 1.71. The number of thiocarbonyl (C=S) groups is 1. The van der Waals surface area contributed by atoms with Gasteiger partial charge in [-0.2, -0.15) is 0 Å². The number of thioether (sulfide) groups is 1. The van der Waals surface area contributed by atoms with Gasteiger partial charge in [0.05, 0.1) is 22.7 Å². The first kappa shape index (κ1) is 25.9. The lowest BCUT2D eigenvalue weighted by molar-refractivity contribution is -0.122. The third-order valence-electron chi connectivity index (χ3n) is 6.34. The van der Waals surface area contributed by atoms with Crippen molar-refractivity contribution in [1.82, 2.24) is 14.3 Å². The molecule has 2 fully saturated rings. The number of aryl methyl sites for hydroxylation is 1. The molecule has 4 rings (SSSR count). The van der Waals surface area contributed by atoms with Crippen LogP contribution in [0.2, 0.25) is 0 Å². The van der Waals surface area contributed by atoms with E-state index in [1.807, 2.05) is 32.9 Å². The molecule has 2 atom stereocenters. The molecular formula is C26H34N4O3S2. The molecule has 0 bridgehead atoms. The van der Waals surface area contributed by atoms with Crippen molar-refractivity contribution < 1.29 is 9.53 Å². The highest BCUT2D eigenvalue weighted by atomic mass is 32.2. The number of morpholine rings is 1. The van der Waals surface area contributed by atoms with Gasteiger partial charge in [-0.15, -0.1) is 0 Å². The molecule has 0 aromatic carbocycles.